The molecule has 15 nitrogen and oxygen atoms in total. The number of methoxy groups -OCH3 is 1. The van der Waals surface area contributed by atoms with Gasteiger partial charge in [0, 0.05) is 60.4 Å². The average Bonchev–Trinajstić information content (AvgIpc) is 3.16. The van der Waals surface area contributed by atoms with Crippen molar-refractivity contribution in [1.29, 1.82) is 0 Å². The van der Waals surface area contributed by atoms with Crippen LogP contribution in [0.2, 0.25) is 0 Å². The number of carbonyl (C=O) groups is 4. The van der Waals surface area contributed by atoms with Crippen LogP contribution in [0.25, 0.3) is 0 Å². The van der Waals surface area contributed by atoms with E-state index in [2.05, 4.69) is 0 Å². The van der Waals surface area contributed by atoms with Gasteiger partial charge in [-0.3, -0.25) is 19.2 Å². The molecule has 7 rings (SSSR count). The van der Waals surface area contributed by atoms with Crippen molar-refractivity contribution in [2.24, 2.45) is 0 Å². The van der Waals surface area contributed by atoms with Gasteiger partial charge in [0.1, 0.15) is 30.5 Å². The first-order valence-electron chi connectivity index (χ1n) is 19.3. The Kier molecular flexibility index (Phi) is 11.6. The molecule has 0 saturated carbocycles. The molecule has 3 fully saturated rings. The number of carbonyl (C=O) groups excluding carboxylic acids is 4. The van der Waals surface area contributed by atoms with Gasteiger partial charge in [0.2, 0.25) is 0 Å². The predicted molar refractivity (Wildman–Crippen MR) is 195 cm³/mol. The van der Waals surface area contributed by atoms with Gasteiger partial charge in [-0.25, -0.2) is 0 Å². The van der Waals surface area contributed by atoms with Crippen LogP contribution in [0.4, 0.5) is 0 Å². The summed E-state index contributed by atoms with van der Waals surface area (Å²) in [5.74, 6) is -3.58. The second-order valence-corrected chi connectivity index (χ2v) is 15.7. The minimum atomic E-state index is -1.71. The largest absolute Gasteiger partial charge is 0.507 e. The lowest BCUT2D eigenvalue weighted by Gasteiger charge is -2.48. The van der Waals surface area contributed by atoms with Gasteiger partial charge in [-0.05, 0) is 46.0 Å². The lowest BCUT2D eigenvalue weighted by atomic mass is 9.67. The van der Waals surface area contributed by atoms with Crippen molar-refractivity contribution >= 4 is 23.3 Å². The Morgan fingerprint density at radius 1 is 0.929 bits per heavy atom. The van der Waals surface area contributed by atoms with Crippen molar-refractivity contribution in [1.82, 2.24) is 4.90 Å². The van der Waals surface area contributed by atoms with E-state index in [0.29, 0.717) is 12.8 Å². The van der Waals surface area contributed by atoms with E-state index in [-0.39, 0.29) is 77.5 Å². The highest BCUT2D eigenvalue weighted by Crippen LogP contribution is 2.53. The maximum absolute atomic E-state index is 13.8. The third-order valence-electron chi connectivity index (χ3n) is 12.0. The Morgan fingerprint density at radius 3 is 2.18 bits per heavy atom. The van der Waals surface area contributed by atoms with Crippen LogP contribution in [-0.4, -0.2) is 132 Å². The summed E-state index contributed by atoms with van der Waals surface area (Å²) in [6.07, 6.45) is -5.57. The average molecular weight is 782 g/mol. The quantitative estimate of drug-likeness (QED) is 0.268. The number of rotatable bonds is 9. The molecular formula is C41H51NO14. The number of nitrogens with zero attached hydrogens (tertiary/aromatic N) is 1. The molecule has 3 aliphatic heterocycles. The SMILES string of the molecule is CCC1(O)CC(OC2CC(N(C)C)C(OC3CC(O)C(OC4CCC(=O)CO4)C(C)O3)C(C)O2)c2c(cc3c(c2O)C(=O)c2ccccc2C3=O)C1C(=O)OC. The first kappa shape index (κ1) is 40.6. The van der Waals surface area contributed by atoms with E-state index in [9.17, 15) is 34.5 Å². The fraction of sp³-hybridized carbons (Fsp3) is 0.610. The van der Waals surface area contributed by atoms with Crippen molar-refractivity contribution in [3.8, 4) is 5.75 Å². The molecular weight excluding hydrogens is 730 g/mol. The molecule has 3 N–H and O–H groups in total. The Hall–Kier alpha value is -3.64. The van der Waals surface area contributed by atoms with E-state index in [1.54, 1.807) is 26.0 Å². The number of fused-ring (bicyclic) bond motifs is 3. The van der Waals surface area contributed by atoms with Crippen LogP contribution in [0.1, 0.15) is 114 Å². The fourth-order valence-corrected chi connectivity index (χ4v) is 8.99. The van der Waals surface area contributed by atoms with Crippen LogP contribution < -0.4 is 0 Å². The number of phenolic OH excluding ortho intramolecular Hbond substituents is 1. The van der Waals surface area contributed by atoms with Gasteiger partial charge in [-0.2, -0.15) is 0 Å². The topological polar surface area (TPSA) is 197 Å². The van der Waals surface area contributed by atoms with Crippen LogP contribution >= 0.6 is 0 Å². The maximum Gasteiger partial charge on any atom is 0.316 e. The monoisotopic (exact) mass is 781 g/mol. The highest BCUT2D eigenvalue weighted by molar-refractivity contribution is 6.29. The number of ether oxygens (including phenoxy) is 7. The first-order valence-corrected chi connectivity index (χ1v) is 19.3. The molecule has 12 atom stereocenters. The summed E-state index contributed by atoms with van der Waals surface area (Å²) in [5.41, 5.74) is -1.42. The molecule has 56 heavy (non-hydrogen) atoms. The van der Waals surface area contributed by atoms with Crippen LogP contribution in [0, 0.1) is 0 Å². The Balaban J connectivity index is 1.13. The van der Waals surface area contributed by atoms with Gasteiger partial charge in [0.25, 0.3) is 0 Å². The number of hydrogen-bond acceptors (Lipinski definition) is 15. The molecule has 3 heterocycles. The standard InChI is InChI=1S/C41H51NO14/c1-7-41(49)17-28(32-24(34(41)40(48)50-6)14-25-33(37(32)47)36(46)23-11-9-8-10-22(23)35(25)45)54-30-15-26(42(4)5)38(19(2)52-30)56-31-16-27(44)39(20(3)53-31)55-29-13-12-21(43)18-51-29/h8-11,14,19-20,26-31,34,38-39,44,47,49H,7,12-13,15-18H2,1-6H3. The summed E-state index contributed by atoms with van der Waals surface area (Å²) in [5, 5.41) is 35.2. The molecule has 2 aromatic rings. The highest BCUT2D eigenvalue weighted by atomic mass is 16.7. The van der Waals surface area contributed by atoms with E-state index in [1.165, 1.54) is 25.3 Å². The van der Waals surface area contributed by atoms with Crippen molar-refractivity contribution in [3.05, 3.63) is 63.7 Å². The molecule has 12 unspecified atom stereocenters. The van der Waals surface area contributed by atoms with Gasteiger partial charge in [-0.15, -0.1) is 0 Å². The summed E-state index contributed by atoms with van der Waals surface area (Å²) >= 11 is 0. The third-order valence-corrected chi connectivity index (χ3v) is 12.0. The predicted octanol–water partition coefficient (Wildman–Crippen LogP) is 3.06. The van der Waals surface area contributed by atoms with Crippen molar-refractivity contribution in [2.75, 3.05) is 27.8 Å². The van der Waals surface area contributed by atoms with Gasteiger partial charge < -0.3 is 53.4 Å². The van der Waals surface area contributed by atoms with Crippen LogP contribution in [-0.2, 0) is 42.7 Å². The number of likely N-dealkylation sites (N-methyl/N-ethyl adjacent to an activating group) is 1. The summed E-state index contributed by atoms with van der Waals surface area (Å²) in [7, 11) is 4.97. The first-order chi connectivity index (χ1) is 26.6. The lowest BCUT2D eigenvalue weighted by Crippen LogP contribution is -2.58. The zero-order valence-electron chi connectivity index (χ0n) is 32.5. The molecule has 0 spiro atoms. The van der Waals surface area contributed by atoms with Gasteiger partial charge in [-0.1, -0.05) is 31.2 Å². The van der Waals surface area contributed by atoms with Crippen molar-refractivity contribution < 1.29 is 67.7 Å². The number of ketones is 3. The maximum atomic E-state index is 13.8. The summed E-state index contributed by atoms with van der Waals surface area (Å²) in [6, 6.07) is 7.45. The van der Waals surface area contributed by atoms with Gasteiger partial charge in [0.05, 0.1) is 42.7 Å². The van der Waals surface area contributed by atoms with Crippen molar-refractivity contribution in [2.45, 2.75) is 132 Å². The zero-order chi connectivity index (χ0) is 40.2. The number of hydrogen-bond donors (Lipinski definition) is 3. The molecule has 304 valence electrons. The second kappa shape index (κ2) is 16.0. The normalized spacial score (nSPS) is 35.8. The molecule has 0 aromatic heterocycles. The van der Waals surface area contributed by atoms with Crippen molar-refractivity contribution in [3.63, 3.8) is 0 Å². The second-order valence-electron chi connectivity index (χ2n) is 15.7. The third kappa shape index (κ3) is 7.33. The Bertz CT molecular complexity index is 1840. The minimum Gasteiger partial charge on any atom is -0.507 e. The van der Waals surface area contributed by atoms with E-state index in [0.717, 1.165) is 0 Å². The van der Waals surface area contributed by atoms with Gasteiger partial charge in [0.15, 0.2) is 36.2 Å². The fourth-order valence-electron chi connectivity index (χ4n) is 8.99. The minimum absolute atomic E-state index is 0.00860. The molecule has 15 heteroatoms. The number of aliphatic hydroxyl groups is 2. The number of esters is 1. The lowest BCUT2D eigenvalue weighted by molar-refractivity contribution is -0.323. The van der Waals surface area contributed by atoms with Gasteiger partial charge >= 0.3 is 5.97 Å². The molecule has 2 aromatic carbocycles. The van der Waals surface area contributed by atoms with E-state index in [1.807, 2.05) is 25.9 Å². The number of phenols is 1. The summed E-state index contributed by atoms with van der Waals surface area (Å²) in [6.45, 7) is 5.30. The number of aliphatic hydroxyl groups excluding tert-OH is 1. The number of benzene rings is 2. The molecule has 2 aliphatic carbocycles. The highest BCUT2D eigenvalue weighted by Gasteiger charge is 2.53. The Labute approximate surface area is 325 Å². The van der Waals surface area contributed by atoms with E-state index >= 15 is 0 Å². The number of aromatic hydroxyl groups is 1. The summed E-state index contributed by atoms with van der Waals surface area (Å²) < 4.78 is 42.4. The van der Waals surface area contributed by atoms with Crippen LogP contribution in [0.15, 0.2) is 30.3 Å². The van der Waals surface area contributed by atoms with E-state index in [4.69, 9.17) is 33.2 Å². The van der Waals surface area contributed by atoms with Crippen LogP contribution in [0.5, 0.6) is 5.75 Å². The Morgan fingerprint density at radius 2 is 1.57 bits per heavy atom. The number of Topliss-reactive ketones (excluding diaryl/α,β-unsaturated/α-hetero) is 1. The molecule has 3 saturated heterocycles. The smallest absolute Gasteiger partial charge is 0.316 e. The molecule has 5 aliphatic rings. The molecule has 0 bridgehead atoms. The van der Waals surface area contributed by atoms with E-state index < -0.39 is 90.3 Å². The van der Waals surface area contributed by atoms with Crippen LogP contribution in [0.3, 0.4) is 0 Å². The molecule has 0 radical (unpaired) electrons. The molecule has 0 amide bonds. The summed E-state index contributed by atoms with van der Waals surface area (Å²) in [4.78, 5) is 54.6. The zero-order valence-corrected chi connectivity index (χ0v) is 32.5.